The summed E-state index contributed by atoms with van der Waals surface area (Å²) in [6.45, 7) is 4.22. The maximum absolute atomic E-state index is 12.2. The number of nitrogens with one attached hydrogen (secondary N) is 2. The molecule has 0 bridgehead atoms. The Bertz CT molecular complexity index is 519. The average molecular weight is 394 g/mol. The first-order valence-electron chi connectivity index (χ1n) is 7.13. The molecule has 21 heavy (non-hydrogen) atoms. The second kappa shape index (κ2) is 7.82. The molecule has 1 aromatic rings. The lowest BCUT2D eigenvalue weighted by Crippen LogP contribution is -2.34. The molecular formula is C15H19BrCl2N2O. The van der Waals surface area contributed by atoms with E-state index in [1.807, 2.05) is 0 Å². The molecular weight excluding hydrogens is 375 g/mol. The molecule has 1 fully saturated rings. The Morgan fingerprint density at radius 3 is 2.90 bits per heavy atom. The zero-order chi connectivity index (χ0) is 15.4. The van der Waals surface area contributed by atoms with E-state index in [1.165, 1.54) is 12.8 Å². The minimum atomic E-state index is -0.0200. The van der Waals surface area contributed by atoms with Gasteiger partial charge in [0.1, 0.15) is 0 Å². The van der Waals surface area contributed by atoms with E-state index in [2.05, 4.69) is 33.5 Å². The molecule has 1 amide bonds. The Labute approximate surface area is 143 Å². The zero-order valence-corrected chi connectivity index (χ0v) is 15.0. The molecule has 0 spiro atoms. The molecule has 6 heteroatoms. The van der Waals surface area contributed by atoms with Crippen molar-refractivity contribution in [3.05, 3.63) is 26.7 Å². The van der Waals surface area contributed by atoms with Gasteiger partial charge in [-0.2, -0.15) is 0 Å². The quantitative estimate of drug-likeness (QED) is 0.726. The number of anilines is 1. The molecule has 1 aliphatic heterocycles. The van der Waals surface area contributed by atoms with Crippen molar-refractivity contribution >= 4 is 50.7 Å². The molecule has 2 N–H and O–H groups in total. The third-order valence-electron chi connectivity index (χ3n) is 3.96. The molecule has 0 radical (unpaired) electrons. The Balaban J connectivity index is 1.94. The van der Waals surface area contributed by atoms with E-state index in [4.69, 9.17) is 23.2 Å². The highest BCUT2D eigenvalue weighted by Gasteiger charge is 2.22. The summed E-state index contributed by atoms with van der Waals surface area (Å²) in [5.41, 5.74) is 0.559. The van der Waals surface area contributed by atoms with Crippen LogP contribution < -0.4 is 10.6 Å². The van der Waals surface area contributed by atoms with Gasteiger partial charge in [-0.05, 0) is 65.8 Å². The molecule has 0 aliphatic carbocycles. The van der Waals surface area contributed by atoms with Crippen LogP contribution in [-0.4, -0.2) is 19.0 Å². The highest BCUT2D eigenvalue weighted by Crippen LogP contribution is 2.36. The van der Waals surface area contributed by atoms with E-state index < -0.39 is 0 Å². The highest BCUT2D eigenvalue weighted by atomic mass is 79.9. The van der Waals surface area contributed by atoms with E-state index >= 15 is 0 Å². The summed E-state index contributed by atoms with van der Waals surface area (Å²) in [6.07, 6.45) is 2.87. The predicted molar refractivity (Wildman–Crippen MR) is 92.2 cm³/mol. The van der Waals surface area contributed by atoms with Crippen molar-refractivity contribution in [3.63, 3.8) is 0 Å². The van der Waals surface area contributed by atoms with Crippen LogP contribution >= 0.6 is 39.1 Å². The van der Waals surface area contributed by atoms with Gasteiger partial charge in [0.05, 0.1) is 15.7 Å². The van der Waals surface area contributed by atoms with Gasteiger partial charge < -0.3 is 10.6 Å². The third-order valence-corrected chi connectivity index (χ3v) is 5.73. The molecule has 0 saturated carbocycles. The van der Waals surface area contributed by atoms with Crippen molar-refractivity contribution in [2.75, 3.05) is 18.4 Å². The maximum atomic E-state index is 12.2. The number of benzene rings is 1. The van der Waals surface area contributed by atoms with E-state index in [0.29, 0.717) is 38.5 Å². The normalized spacial score (nSPS) is 20.1. The van der Waals surface area contributed by atoms with Gasteiger partial charge in [0.15, 0.2) is 0 Å². The second-order valence-corrected chi connectivity index (χ2v) is 7.17. The molecule has 1 saturated heterocycles. The fourth-order valence-corrected chi connectivity index (χ4v) is 3.47. The van der Waals surface area contributed by atoms with Crippen LogP contribution in [0.15, 0.2) is 16.6 Å². The minimum Gasteiger partial charge on any atom is -0.325 e. The van der Waals surface area contributed by atoms with Crippen LogP contribution in [0.3, 0.4) is 0 Å². The van der Waals surface area contributed by atoms with E-state index in [9.17, 15) is 4.79 Å². The minimum absolute atomic E-state index is 0.0200. The first-order valence-corrected chi connectivity index (χ1v) is 8.68. The smallest absolute Gasteiger partial charge is 0.224 e. The van der Waals surface area contributed by atoms with Gasteiger partial charge in [-0.15, -0.1) is 0 Å². The summed E-state index contributed by atoms with van der Waals surface area (Å²) in [6, 6.07) is 3.53. The molecule has 1 aliphatic rings. The average Bonchev–Trinajstić information content (AvgIpc) is 2.49. The lowest BCUT2D eigenvalue weighted by atomic mass is 9.85. The molecule has 2 atom stereocenters. The highest BCUT2D eigenvalue weighted by molar-refractivity contribution is 9.10. The second-order valence-electron chi connectivity index (χ2n) is 5.56. The van der Waals surface area contributed by atoms with Gasteiger partial charge in [0, 0.05) is 10.9 Å². The Hall–Kier alpha value is -0.290. The van der Waals surface area contributed by atoms with Gasteiger partial charge >= 0.3 is 0 Å². The lowest BCUT2D eigenvalue weighted by molar-refractivity contribution is -0.117. The molecule has 2 unspecified atom stereocenters. The Morgan fingerprint density at radius 1 is 1.48 bits per heavy atom. The monoisotopic (exact) mass is 392 g/mol. The summed E-state index contributed by atoms with van der Waals surface area (Å²) in [7, 11) is 0. The number of halogens is 3. The number of rotatable bonds is 4. The summed E-state index contributed by atoms with van der Waals surface area (Å²) in [5, 5.41) is 7.02. The van der Waals surface area contributed by atoms with Crippen molar-refractivity contribution in [1.29, 1.82) is 0 Å². The first-order chi connectivity index (χ1) is 9.99. The van der Waals surface area contributed by atoms with Crippen LogP contribution in [0.2, 0.25) is 10.0 Å². The van der Waals surface area contributed by atoms with E-state index in [1.54, 1.807) is 12.1 Å². The predicted octanol–water partition coefficient (Wildman–Crippen LogP) is 4.72. The summed E-state index contributed by atoms with van der Waals surface area (Å²) < 4.78 is 0.716. The van der Waals surface area contributed by atoms with Crippen LogP contribution in [0.1, 0.15) is 26.2 Å². The topological polar surface area (TPSA) is 41.1 Å². The van der Waals surface area contributed by atoms with Gasteiger partial charge in [-0.25, -0.2) is 0 Å². The number of carbonyl (C=O) groups is 1. The Kier molecular flexibility index (Phi) is 6.35. The number of carbonyl (C=O) groups excluding carboxylic acids is 1. The van der Waals surface area contributed by atoms with Crippen molar-refractivity contribution in [2.24, 2.45) is 11.8 Å². The molecule has 116 valence electrons. The van der Waals surface area contributed by atoms with Crippen LogP contribution in [-0.2, 0) is 4.79 Å². The Morgan fingerprint density at radius 2 is 2.24 bits per heavy atom. The maximum Gasteiger partial charge on any atom is 0.224 e. The fourth-order valence-electron chi connectivity index (χ4n) is 2.65. The largest absolute Gasteiger partial charge is 0.325 e. The summed E-state index contributed by atoms with van der Waals surface area (Å²) in [5.74, 6) is 0.893. The summed E-state index contributed by atoms with van der Waals surface area (Å²) >= 11 is 15.5. The van der Waals surface area contributed by atoms with E-state index in [0.717, 1.165) is 13.1 Å². The fraction of sp³-hybridized carbons (Fsp3) is 0.533. The van der Waals surface area contributed by atoms with Gasteiger partial charge in [-0.1, -0.05) is 30.1 Å². The van der Waals surface area contributed by atoms with Crippen molar-refractivity contribution in [1.82, 2.24) is 5.32 Å². The van der Waals surface area contributed by atoms with Gasteiger partial charge in [0.25, 0.3) is 0 Å². The van der Waals surface area contributed by atoms with Crippen LogP contribution in [0, 0.1) is 11.8 Å². The summed E-state index contributed by atoms with van der Waals surface area (Å²) in [4.78, 5) is 12.2. The molecule has 3 nitrogen and oxygen atoms in total. The van der Waals surface area contributed by atoms with Crippen molar-refractivity contribution in [2.45, 2.75) is 26.2 Å². The number of hydrogen-bond acceptors (Lipinski definition) is 2. The van der Waals surface area contributed by atoms with Gasteiger partial charge in [0.2, 0.25) is 5.91 Å². The molecule has 1 aromatic carbocycles. The van der Waals surface area contributed by atoms with Gasteiger partial charge in [-0.3, -0.25) is 4.79 Å². The van der Waals surface area contributed by atoms with Crippen LogP contribution in [0.4, 0.5) is 5.69 Å². The van der Waals surface area contributed by atoms with E-state index in [-0.39, 0.29) is 5.91 Å². The first kappa shape index (κ1) is 17.1. The van der Waals surface area contributed by atoms with Crippen molar-refractivity contribution < 1.29 is 4.79 Å². The molecule has 1 heterocycles. The number of amides is 1. The van der Waals surface area contributed by atoms with Crippen molar-refractivity contribution in [3.8, 4) is 0 Å². The standard InChI is InChI=1S/C15H19BrCl2N2O/c1-9(10-3-2-6-19-8-10)7-13(21)20-12-5-4-11(16)14(17)15(12)18/h4-5,9-10,19H,2-3,6-8H2,1H3,(H,20,21). The SMILES string of the molecule is CC(CC(=O)Nc1ccc(Br)c(Cl)c1Cl)C1CCCNC1. The third kappa shape index (κ3) is 4.59. The number of hydrogen-bond donors (Lipinski definition) is 2. The van der Waals surface area contributed by atoms with Crippen LogP contribution in [0.25, 0.3) is 0 Å². The number of piperidine rings is 1. The zero-order valence-electron chi connectivity index (χ0n) is 11.9. The molecule has 0 aromatic heterocycles. The van der Waals surface area contributed by atoms with Crippen LogP contribution in [0.5, 0.6) is 0 Å². The molecule has 2 rings (SSSR count). The lowest BCUT2D eigenvalue weighted by Gasteiger charge is -2.28.